The highest BCUT2D eigenvalue weighted by Gasteiger charge is 2.35. The predicted octanol–water partition coefficient (Wildman–Crippen LogP) is -1.24. The summed E-state index contributed by atoms with van der Waals surface area (Å²) in [5.74, 6) is 0. The number of hydrogen-bond acceptors (Lipinski definition) is 6. The van der Waals surface area contributed by atoms with E-state index in [-0.39, 0.29) is 18.6 Å². The number of aliphatic hydroxyl groups is 2. The van der Waals surface area contributed by atoms with E-state index in [4.69, 9.17) is 9.84 Å². The number of aromatic amines is 1. The number of imidazole rings is 1. The summed E-state index contributed by atoms with van der Waals surface area (Å²) in [7, 11) is 0. The normalized spacial score (nSPS) is 28.0. The van der Waals surface area contributed by atoms with Gasteiger partial charge < -0.3 is 19.9 Å². The van der Waals surface area contributed by atoms with E-state index >= 15 is 0 Å². The Morgan fingerprint density at radius 2 is 2.39 bits per heavy atom. The van der Waals surface area contributed by atoms with Gasteiger partial charge in [-0.2, -0.15) is 0 Å². The van der Waals surface area contributed by atoms with Crippen molar-refractivity contribution in [3.8, 4) is 0 Å². The van der Waals surface area contributed by atoms with Crippen LogP contribution in [0.15, 0.2) is 17.4 Å². The van der Waals surface area contributed by atoms with Crippen LogP contribution in [0.25, 0.3) is 11.2 Å². The molecule has 1 aliphatic heterocycles. The molecule has 0 amide bonds. The molecule has 1 fully saturated rings. The first-order valence-corrected chi connectivity index (χ1v) is 5.55. The van der Waals surface area contributed by atoms with Gasteiger partial charge in [0.1, 0.15) is 18.7 Å². The number of nitrogens with zero attached hydrogens (tertiary/aromatic N) is 3. The lowest BCUT2D eigenvalue weighted by Crippen LogP contribution is -2.26. The van der Waals surface area contributed by atoms with Gasteiger partial charge in [0.15, 0.2) is 11.2 Å². The molecular formula is C10H12N4O4. The Morgan fingerprint density at radius 1 is 1.56 bits per heavy atom. The quantitative estimate of drug-likeness (QED) is 0.616. The molecule has 0 saturated carbocycles. The molecule has 3 heterocycles. The van der Waals surface area contributed by atoms with Crippen LogP contribution in [0.2, 0.25) is 0 Å². The Morgan fingerprint density at radius 3 is 3.11 bits per heavy atom. The zero-order valence-electron chi connectivity index (χ0n) is 9.35. The van der Waals surface area contributed by atoms with E-state index in [0.29, 0.717) is 11.2 Å². The summed E-state index contributed by atoms with van der Waals surface area (Å²) in [5.41, 5.74) is 0.324. The van der Waals surface area contributed by atoms with Gasteiger partial charge >= 0.3 is 0 Å². The van der Waals surface area contributed by atoms with Crippen LogP contribution < -0.4 is 5.56 Å². The van der Waals surface area contributed by atoms with Crippen LogP contribution in [0.5, 0.6) is 0 Å². The molecule has 3 N–H and O–H groups in total. The van der Waals surface area contributed by atoms with Crippen molar-refractivity contribution in [3.05, 3.63) is 23.0 Å². The fraction of sp³-hybridized carbons (Fsp3) is 0.500. The molecule has 0 radical (unpaired) electrons. The fourth-order valence-electron chi connectivity index (χ4n) is 2.10. The van der Waals surface area contributed by atoms with Gasteiger partial charge in [0.05, 0.1) is 19.0 Å². The Balaban J connectivity index is 2.00. The Hall–Kier alpha value is -1.77. The molecule has 0 bridgehead atoms. The van der Waals surface area contributed by atoms with E-state index in [1.165, 1.54) is 17.2 Å². The third-order valence-corrected chi connectivity index (χ3v) is 3.07. The summed E-state index contributed by atoms with van der Waals surface area (Å²) in [4.78, 5) is 22.7. The van der Waals surface area contributed by atoms with Crippen molar-refractivity contribution in [3.63, 3.8) is 0 Å². The van der Waals surface area contributed by atoms with Crippen molar-refractivity contribution in [1.82, 2.24) is 19.5 Å². The van der Waals surface area contributed by atoms with E-state index in [2.05, 4.69) is 15.0 Å². The largest absolute Gasteiger partial charge is 0.394 e. The van der Waals surface area contributed by atoms with Gasteiger partial charge in [-0.15, -0.1) is 0 Å². The molecule has 0 aromatic carbocycles. The molecule has 3 atom stereocenters. The second-order valence-electron chi connectivity index (χ2n) is 4.17. The predicted molar refractivity (Wildman–Crippen MR) is 59.8 cm³/mol. The summed E-state index contributed by atoms with van der Waals surface area (Å²) >= 11 is 0. The highest BCUT2D eigenvalue weighted by molar-refractivity contribution is 5.67. The topological polar surface area (TPSA) is 113 Å². The third kappa shape index (κ3) is 1.62. The molecule has 18 heavy (non-hydrogen) atoms. The number of nitrogens with one attached hydrogen (secondary N) is 1. The molecule has 1 saturated heterocycles. The first-order valence-electron chi connectivity index (χ1n) is 5.55. The number of rotatable bonds is 2. The number of hydrogen-bond donors (Lipinski definition) is 3. The molecule has 0 unspecified atom stereocenters. The number of fused-ring (bicyclic) bond motifs is 1. The van der Waals surface area contributed by atoms with Crippen molar-refractivity contribution < 1.29 is 14.9 Å². The lowest BCUT2D eigenvalue weighted by atomic mass is 10.2. The van der Waals surface area contributed by atoms with Crippen LogP contribution in [-0.4, -0.2) is 48.5 Å². The number of aromatic nitrogens is 4. The molecule has 8 heteroatoms. The average Bonchev–Trinajstić information content (AvgIpc) is 2.96. The van der Waals surface area contributed by atoms with Gasteiger partial charge in [-0.25, -0.2) is 9.97 Å². The maximum Gasteiger partial charge on any atom is 0.281 e. The van der Waals surface area contributed by atoms with Gasteiger partial charge in [-0.05, 0) is 0 Å². The van der Waals surface area contributed by atoms with Crippen LogP contribution in [0.4, 0.5) is 0 Å². The van der Waals surface area contributed by atoms with Crippen molar-refractivity contribution in [2.24, 2.45) is 0 Å². The Kier molecular flexibility index (Phi) is 2.62. The number of ether oxygens (including phenoxy) is 1. The molecule has 0 spiro atoms. The van der Waals surface area contributed by atoms with Crippen LogP contribution in [0.3, 0.4) is 0 Å². The second-order valence-corrected chi connectivity index (χ2v) is 4.17. The van der Waals surface area contributed by atoms with Gasteiger partial charge in [0.2, 0.25) is 0 Å². The smallest absolute Gasteiger partial charge is 0.281 e. The summed E-state index contributed by atoms with van der Waals surface area (Å²) in [6.07, 6.45) is 0.896. The SMILES string of the molecule is O=c1c2[nH]cnc2ncn1[C@H]1C[C@H](O)[C@@H](CO)O1. The highest BCUT2D eigenvalue weighted by atomic mass is 16.5. The van der Waals surface area contributed by atoms with Gasteiger partial charge in [-0.1, -0.05) is 0 Å². The molecule has 96 valence electrons. The minimum absolute atomic E-state index is 0.243. The molecule has 2 aromatic heterocycles. The van der Waals surface area contributed by atoms with E-state index in [1.54, 1.807) is 0 Å². The molecule has 2 aromatic rings. The minimum Gasteiger partial charge on any atom is -0.394 e. The molecular weight excluding hydrogens is 240 g/mol. The minimum atomic E-state index is -0.788. The van der Waals surface area contributed by atoms with Crippen LogP contribution >= 0.6 is 0 Å². The van der Waals surface area contributed by atoms with E-state index in [0.717, 1.165) is 0 Å². The zero-order chi connectivity index (χ0) is 12.7. The molecule has 0 aliphatic carbocycles. The zero-order valence-corrected chi connectivity index (χ0v) is 9.35. The number of H-pyrrole nitrogens is 1. The summed E-state index contributed by atoms with van der Waals surface area (Å²) < 4.78 is 6.69. The maximum absolute atomic E-state index is 12.1. The van der Waals surface area contributed by atoms with E-state index in [1.807, 2.05) is 0 Å². The first kappa shape index (κ1) is 11.3. The van der Waals surface area contributed by atoms with E-state index in [9.17, 15) is 9.90 Å². The van der Waals surface area contributed by atoms with Crippen molar-refractivity contribution >= 4 is 11.2 Å². The molecule has 8 nitrogen and oxygen atoms in total. The maximum atomic E-state index is 12.1. The fourth-order valence-corrected chi connectivity index (χ4v) is 2.10. The standard InChI is InChI=1S/C10H12N4O4/c15-2-6-5(16)1-7(18-6)14-4-13-9-8(10(14)17)11-3-12-9/h3-7,15-16H,1-2H2,(H,11,12)/t5-,6+,7+/m0/s1. The van der Waals surface area contributed by atoms with Crippen LogP contribution in [0, 0.1) is 0 Å². The third-order valence-electron chi connectivity index (χ3n) is 3.07. The lowest BCUT2D eigenvalue weighted by molar-refractivity contribution is -0.0456. The van der Waals surface area contributed by atoms with Crippen molar-refractivity contribution in [1.29, 1.82) is 0 Å². The summed E-state index contributed by atoms with van der Waals surface area (Å²) in [6.45, 7) is -0.286. The van der Waals surface area contributed by atoms with Crippen LogP contribution in [-0.2, 0) is 4.74 Å². The molecule has 3 rings (SSSR count). The van der Waals surface area contributed by atoms with Crippen molar-refractivity contribution in [2.75, 3.05) is 6.61 Å². The Bertz CT molecular complexity index is 622. The van der Waals surface area contributed by atoms with E-state index < -0.39 is 18.4 Å². The van der Waals surface area contributed by atoms with Crippen molar-refractivity contribution in [2.45, 2.75) is 24.9 Å². The lowest BCUT2D eigenvalue weighted by Gasteiger charge is -2.13. The molecule has 1 aliphatic rings. The van der Waals surface area contributed by atoms with Gasteiger partial charge in [0, 0.05) is 6.42 Å². The average molecular weight is 252 g/mol. The highest BCUT2D eigenvalue weighted by Crippen LogP contribution is 2.27. The summed E-state index contributed by atoms with van der Waals surface area (Å²) in [5, 5.41) is 18.6. The number of aliphatic hydroxyl groups excluding tert-OH is 2. The second kappa shape index (κ2) is 4.16. The summed E-state index contributed by atoms with van der Waals surface area (Å²) in [6, 6.07) is 0. The van der Waals surface area contributed by atoms with Gasteiger partial charge in [0.25, 0.3) is 5.56 Å². The Labute approximate surface area is 101 Å². The monoisotopic (exact) mass is 252 g/mol. The van der Waals surface area contributed by atoms with Crippen LogP contribution in [0.1, 0.15) is 12.6 Å². The van der Waals surface area contributed by atoms with Gasteiger partial charge in [-0.3, -0.25) is 9.36 Å². The first-order chi connectivity index (χ1) is 8.70.